The van der Waals surface area contributed by atoms with Crippen LogP contribution in [0, 0.1) is 0 Å². The van der Waals surface area contributed by atoms with E-state index in [4.69, 9.17) is 22.2 Å². The monoisotopic (exact) mass is 429 g/mol. The van der Waals surface area contributed by atoms with Crippen LogP contribution in [0.1, 0.15) is 12.6 Å². The number of thioether (sulfide) groups is 1. The van der Waals surface area contributed by atoms with Crippen LogP contribution in [0.4, 0.5) is 5.82 Å². The molecule has 0 unspecified atom stereocenters. The standard InChI is InChI=1S/C14H23N9O5S/c1-29-3-2-14(13(26)27,23(16)17)21-11-7(24)8(25)12(28-11)22-5-20-6-9(15)18-4-19-10(6)22/h4-5,7-8,11-12,21,24-25H,2-3,16-17H2,1H3,(H,26,27)(H2,15,18,19)/t7-,8+,11-,12+,14-/m0/s1. The van der Waals surface area contributed by atoms with Crippen LogP contribution in [0.3, 0.4) is 0 Å². The lowest BCUT2D eigenvalue weighted by atomic mass is 10.1. The van der Waals surface area contributed by atoms with Gasteiger partial charge >= 0.3 is 5.97 Å². The summed E-state index contributed by atoms with van der Waals surface area (Å²) in [6.45, 7) is 0. The quantitative estimate of drug-likeness (QED) is 0.127. The van der Waals surface area contributed by atoms with Crippen molar-refractivity contribution in [1.29, 1.82) is 0 Å². The molecule has 2 aromatic rings. The van der Waals surface area contributed by atoms with E-state index in [2.05, 4.69) is 20.3 Å². The van der Waals surface area contributed by atoms with Crippen molar-refractivity contribution in [3.63, 3.8) is 0 Å². The molecule has 1 fully saturated rings. The van der Waals surface area contributed by atoms with Crippen molar-refractivity contribution in [1.82, 2.24) is 30.0 Å². The van der Waals surface area contributed by atoms with Gasteiger partial charge in [-0.05, 0) is 12.0 Å². The molecular weight excluding hydrogens is 406 g/mol. The van der Waals surface area contributed by atoms with E-state index >= 15 is 0 Å². The van der Waals surface area contributed by atoms with Crippen molar-refractivity contribution >= 4 is 34.7 Å². The zero-order valence-electron chi connectivity index (χ0n) is 15.4. The molecule has 3 heterocycles. The van der Waals surface area contributed by atoms with Gasteiger partial charge in [-0.15, -0.1) is 0 Å². The molecule has 1 aliphatic heterocycles. The molecule has 0 spiro atoms. The highest BCUT2D eigenvalue weighted by Crippen LogP contribution is 2.32. The largest absolute Gasteiger partial charge is 0.479 e. The summed E-state index contributed by atoms with van der Waals surface area (Å²) in [6, 6.07) is 0. The highest BCUT2D eigenvalue weighted by molar-refractivity contribution is 7.98. The minimum Gasteiger partial charge on any atom is -0.479 e. The Hall–Kier alpha value is -2.11. The SMILES string of the molecule is CSCC[C@@](N[C@H]1O[C@@H](n2cnc3c(N)ncnc32)[C@H](O)[C@@H]1O)(C(=O)O)N(N)N. The second-order valence-corrected chi connectivity index (χ2v) is 7.46. The Labute approximate surface area is 169 Å². The molecule has 10 N–H and O–H groups in total. The number of carboxylic acid groups (broad SMARTS) is 1. The Morgan fingerprint density at radius 1 is 1.38 bits per heavy atom. The van der Waals surface area contributed by atoms with Crippen LogP contribution in [0.2, 0.25) is 0 Å². The molecule has 160 valence electrons. The first kappa shape index (κ1) is 21.6. The Balaban J connectivity index is 1.90. The van der Waals surface area contributed by atoms with Crippen LogP contribution in [0.15, 0.2) is 12.7 Å². The Morgan fingerprint density at radius 3 is 2.72 bits per heavy atom. The Morgan fingerprint density at radius 2 is 2.10 bits per heavy atom. The number of imidazole rings is 1. The van der Waals surface area contributed by atoms with Crippen molar-refractivity contribution in [2.45, 2.75) is 36.7 Å². The number of carboxylic acids is 1. The zero-order valence-corrected chi connectivity index (χ0v) is 16.2. The van der Waals surface area contributed by atoms with Crippen LogP contribution in [0.5, 0.6) is 0 Å². The summed E-state index contributed by atoms with van der Waals surface area (Å²) in [5.41, 5.74) is 4.40. The van der Waals surface area contributed by atoms with Gasteiger partial charge in [0.1, 0.15) is 30.3 Å². The molecule has 0 aliphatic carbocycles. The summed E-state index contributed by atoms with van der Waals surface area (Å²) in [5, 5.41) is 33.9. The second kappa shape index (κ2) is 8.33. The molecular formula is C14H23N9O5S. The van der Waals surface area contributed by atoms with Crippen LogP contribution in [0.25, 0.3) is 11.2 Å². The first-order chi connectivity index (χ1) is 13.7. The van der Waals surface area contributed by atoms with E-state index in [1.54, 1.807) is 6.26 Å². The molecule has 0 saturated carbocycles. The fraction of sp³-hybridized carbons (Fsp3) is 0.571. The first-order valence-electron chi connectivity index (χ1n) is 8.47. The number of aromatic nitrogens is 4. The van der Waals surface area contributed by atoms with Gasteiger partial charge in [0, 0.05) is 6.42 Å². The second-order valence-electron chi connectivity index (χ2n) is 6.47. The highest BCUT2D eigenvalue weighted by Gasteiger charge is 2.51. The number of hydrazine groups is 2. The lowest BCUT2D eigenvalue weighted by Gasteiger charge is -2.37. The van der Waals surface area contributed by atoms with E-state index in [1.165, 1.54) is 29.0 Å². The number of nitrogens with two attached hydrogens (primary N) is 3. The Kier molecular flexibility index (Phi) is 6.20. The van der Waals surface area contributed by atoms with Gasteiger partial charge in [0.05, 0.1) is 6.33 Å². The molecule has 3 rings (SSSR count). The minimum absolute atomic E-state index is 0.00159. The lowest BCUT2D eigenvalue weighted by molar-refractivity contribution is -0.162. The van der Waals surface area contributed by atoms with E-state index in [1.807, 2.05) is 0 Å². The third-order valence-electron chi connectivity index (χ3n) is 4.74. The van der Waals surface area contributed by atoms with Gasteiger partial charge < -0.3 is 25.8 Å². The number of aliphatic hydroxyl groups is 2. The molecule has 1 aliphatic rings. The minimum atomic E-state index is -1.94. The molecule has 0 bridgehead atoms. The summed E-state index contributed by atoms with van der Waals surface area (Å²) in [7, 11) is 0. The third-order valence-corrected chi connectivity index (χ3v) is 5.36. The van der Waals surface area contributed by atoms with Crippen molar-refractivity contribution in [2.75, 3.05) is 17.7 Å². The molecule has 2 aromatic heterocycles. The molecule has 14 nitrogen and oxygen atoms in total. The van der Waals surface area contributed by atoms with E-state index < -0.39 is 36.3 Å². The predicted octanol–water partition coefficient (Wildman–Crippen LogP) is -2.84. The van der Waals surface area contributed by atoms with E-state index in [9.17, 15) is 20.1 Å². The number of hydrogen-bond acceptors (Lipinski definition) is 13. The van der Waals surface area contributed by atoms with Crippen LogP contribution in [-0.2, 0) is 9.53 Å². The number of anilines is 1. The Bertz CT molecular complexity index is 882. The van der Waals surface area contributed by atoms with Crippen LogP contribution < -0.4 is 22.7 Å². The van der Waals surface area contributed by atoms with Gasteiger partial charge in [-0.2, -0.15) is 16.9 Å². The normalized spacial score (nSPS) is 26.8. The van der Waals surface area contributed by atoms with Crippen molar-refractivity contribution in [3.05, 3.63) is 12.7 Å². The summed E-state index contributed by atoms with van der Waals surface area (Å²) in [5.74, 6) is 10.4. The summed E-state index contributed by atoms with van der Waals surface area (Å²) >= 11 is 1.39. The van der Waals surface area contributed by atoms with E-state index in [-0.39, 0.29) is 17.9 Å². The number of nitrogens with one attached hydrogen (secondary N) is 1. The van der Waals surface area contributed by atoms with Crippen molar-refractivity contribution in [2.24, 2.45) is 11.7 Å². The van der Waals surface area contributed by atoms with Gasteiger partial charge in [-0.1, -0.05) is 0 Å². The topological polar surface area (TPSA) is 224 Å². The maximum Gasteiger partial charge on any atom is 0.342 e. The number of aliphatic hydroxyl groups excluding tert-OH is 2. The van der Waals surface area contributed by atoms with Gasteiger partial charge in [0.15, 0.2) is 17.7 Å². The van der Waals surface area contributed by atoms with Gasteiger partial charge in [-0.3, -0.25) is 21.6 Å². The fourth-order valence-electron chi connectivity index (χ4n) is 3.10. The van der Waals surface area contributed by atoms with E-state index in [0.29, 0.717) is 16.4 Å². The first-order valence-corrected chi connectivity index (χ1v) is 9.86. The number of aliphatic carboxylic acids is 1. The number of ether oxygens (including phenoxy) is 1. The maximum atomic E-state index is 11.9. The average molecular weight is 429 g/mol. The number of fused-ring (bicyclic) bond motifs is 1. The third kappa shape index (κ3) is 3.74. The van der Waals surface area contributed by atoms with Crippen molar-refractivity contribution in [3.8, 4) is 0 Å². The molecule has 0 amide bonds. The number of carbonyl (C=O) groups is 1. The van der Waals surface area contributed by atoms with Crippen molar-refractivity contribution < 1.29 is 24.9 Å². The smallest absolute Gasteiger partial charge is 0.342 e. The fourth-order valence-corrected chi connectivity index (χ4v) is 3.60. The number of nitrogen functional groups attached to an aromatic ring is 1. The number of rotatable bonds is 8. The predicted molar refractivity (Wildman–Crippen MR) is 102 cm³/mol. The summed E-state index contributed by atoms with van der Waals surface area (Å²) < 4.78 is 7.09. The lowest BCUT2D eigenvalue weighted by Crippen LogP contribution is -2.72. The average Bonchev–Trinajstić information content (AvgIpc) is 3.21. The molecule has 0 radical (unpaired) electrons. The summed E-state index contributed by atoms with van der Waals surface area (Å²) in [6.07, 6.45) is -1.01. The maximum absolute atomic E-state index is 11.9. The molecule has 15 heteroatoms. The number of nitrogens with zero attached hydrogens (tertiary/aromatic N) is 5. The summed E-state index contributed by atoms with van der Waals surface area (Å²) in [4.78, 5) is 24.0. The number of hydrogen-bond donors (Lipinski definition) is 7. The molecule has 5 atom stereocenters. The van der Waals surface area contributed by atoms with Crippen LogP contribution in [-0.4, -0.2) is 82.0 Å². The molecule has 29 heavy (non-hydrogen) atoms. The highest BCUT2D eigenvalue weighted by atomic mass is 32.2. The van der Waals surface area contributed by atoms with Gasteiger partial charge in [0.25, 0.3) is 0 Å². The zero-order chi connectivity index (χ0) is 21.3. The molecule has 0 aromatic carbocycles. The van der Waals surface area contributed by atoms with Crippen LogP contribution >= 0.6 is 11.8 Å². The van der Waals surface area contributed by atoms with E-state index in [0.717, 1.165) is 0 Å². The molecule has 1 saturated heterocycles. The van der Waals surface area contributed by atoms with Gasteiger partial charge in [-0.25, -0.2) is 19.7 Å². The van der Waals surface area contributed by atoms with Gasteiger partial charge in [0.2, 0.25) is 5.66 Å².